The second kappa shape index (κ2) is 7.62. The third-order valence-corrected chi connectivity index (χ3v) is 5.92. The van der Waals surface area contributed by atoms with E-state index in [2.05, 4.69) is 10.3 Å². The van der Waals surface area contributed by atoms with Crippen molar-refractivity contribution in [2.24, 2.45) is 0 Å². The lowest BCUT2D eigenvalue weighted by Gasteiger charge is -2.10. The van der Waals surface area contributed by atoms with Crippen LogP contribution in [-0.2, 0) is 0 Å². The Morgan fingerprint density at radius 3 is 2.69 bits per heavy atom. The van der Waals surface area contributed by atoms with E-state index in [1.165, 1.54) is 12.1 Å². The van der Waals surface area contributed by atoms with Crippen molar-refractivity contribution >= 4 is 50.4 Å². The van der Waals surface area contributed by atoms with Crippen LogP contribution in [-0.4, -0.2) is 15.8 Å². The topological polar surface area (TPSA) is 85.1 Å². The molecule has 6 nitrogen and oxygen atoms in total. The van der Waals surface area contributed by atoms with Crippen molar-refractivity contribution in [1.29, 1.82) is 0 Å². The van der Waals surface area contributed by atoms with Gasteiger partial charge >= 0.3 is 0 Å². The van der Waals surface area contributed by atoms with Gasteiger partial charge in [0.05, 0.1) is 25.8 Å². The number of anilines is 1. The summed E-state index contributed by atoms with van der Waals surface area (Å²) in [6.45, 7) is 1.55. The average Bonchev–Trinajstić information content (AvgIpc) is 3.13. The van der Waals surface area contributed by atoms with Crippen molar-refractivity contribution in [3.05, 3.63) is 86.9 Å². The van der Waals surface area contributed by atoms with E-state index < -0.39 is 10.8 Å². The molecule has 0 aliphatic rings. The van der Waals surface area contributed by atoms with Gasteiger partial charge in [0.2, 0.25) is 0 Å². The third-order valence-electron chi connectivity index (χ3n) is 4.50. The zero-order chi connectivity index (χ0) is 20.5. The fraction of sp³-hybridized carbons (Fsp3) is 0.0476. The molecule has 29 heavy (non-hydrogen) atoms. The SMILES string of the molecule is Cc1c(C(=O)Nc2cc(-c3nc4ccccc4s3)ccc2Cl)cccc1[N+](=O)[O-]. The molecule has 0 fully saturated rings. The number of rotatable bonds is 4. The lowest BCUT2D eigenvalue weighted by Crippen LogP contribution is -2.14. The number of hydrogen-bond donors (Lipinski definition) is 1. The quantitative estimate of drug-likeness (QED) is 0.318. The van der Waals surface area contributed by atoms with Gasteiger partial charge in [-0.2, -0.15) is 0 Å². The second-order valence-corrected chi connectivity index (χ2v) is 7.78. The van der Waals surface area contributed by atoms with Crippen LogP contribution in [0.25, 0.3) is 20.8 Å². The molecule has 0 aliphatic carbocycles. The van der Waals surface area contributed by atoms with E-state index >= 15 is 0 Å². The molecule has 4 rings (SSSR count). The minimum atomic E-state index is -0.507. The lowest BCUT2D eigenvalue weighted by atomic mass is 10.1. The van der Waals surface area contributed by atoms with Gasteiger partial charge in [-0.05, 0) is 37.3 Å². The Bertz CT molecular complexity index is 1240. The maximum absolute atomic E-state index is 12.7. The Morgan fingerprint density at radius 2 is 1.93 bits per heavy atom. The summed E-state index contributed by atoms with van der Waals surface area (Å²) in [7, 11) is 0. The summed E-state index contributed by atoms with van der Waals surface area (Å²) in [5, 5.41) is 15.1. The molecule has 0 bridgehead atoms. The monoisotopic (exact) mass is 423 g/mol. The van der Waals surface area contributed by atoms with Crippen molar-refractivity contribution in [1.82, 2.24) is 4.98 Å². The minimum absolute atomic E-state index is 0.105. The summed E-state index contributed by atoms with van der Waals surface area (Å²) in [5.41, 5.74) is 2.56. The molecule has 0 radical (unpaired) electrons. The molecule has 1 N–H and O–H groups in total. The van der Waals surface area contributed by atoms with Crippen molar-refractivity contribution in [3.8, 4) is 10.6 Å². The van der Waals surface area contributed by atoms with Gasteiger partial charge in [-0.3, -0.25) is 14.9 Å². The molecule has 0 aliphatic heterocycles. The van der Waals surface area contributed by atoms with Crippen LogP contribution in [0.15, 0.2) is 60.7 Å². The fourth-order valence-corrected chi connectivity index (χ4v) is 4.13. The number of thiazole rings is 1. The standard InChI is InChI=1S/C21H14ClN3O3S/c1-12-14(5-4-7-18(12)25(27)28)20(26)23-17-11-13(9-10-15(17)22)21-24-16-6-2-3-8-19(16)29-21/h2-11H,1H3,(H,23,26). The van der Waals surface area contributed by atoms with E-state index in [-0.39, 0.29) is 11.3 Å². The number of carbonyl (C=O) groups is 1. The first-order chi connectivity index (χ1) is 13.9. The van der Waals surface area contributed by atoms with E-state index in [1.54, 1.807) is 36.5 Å². The number of para-hydroxylation sites is 1. The summed E-state index contributed by atoms with van der Waals surface area (Å²) in [6, 6.07) is 17.5. The number of halogens is 1. The molecule has 1 amide bonds. The summed E-state index contributed by atoms with van der Waals surface area (Å²) in [4.78, 5) is 28.0. The van der Waals surface area contributed by atoms with E-state index in [9.17, 15) is 14.9 Å². The molecule has 3 aromatic carbocycles. The van der Waals surface area contributed by atoms with Crippen molar-refractivity contribution in [2.45, 2.75) is 6.92 Å². The highest BCUT2D eigenvalue weighted by molar-refractivity contribution is 7.21. The van der Waals surface area contributed by atoms with Gasteiger partial charge in [0.1, 0.15) is 5.01 Å². The summed E-state index contributed by atoms with van der Waals surface area (Å²) < 4.78 is 1.07. The number of carbonyl (C=O) groups excluding carboxylic acids is 1. The zero-order valence-electron chi connectivity index (χ0n) is 15.2. The maximum atomic E-state index is 12.7. The molecule has 4 aromatic rings. The van der Waals surface area contributed by atoms with E-state index in [4.69, 9.17) is 11.6 Å². The van der Waals surface area contributed by atoms with Crippen LogP contribution < -0.4 is 5.32 Å². The van der Waals surface area contributed by atoms with Gasteiger partial charge in [0, 0.05) is 22.8 Å². The second-order valence-electron chi connectivity index (χ2n) is 6.34. The van der Waals surface area contributed by atoms with Gasteiger partial charge in [0.25, 0.3) is 11.6 Å². The highest BCUT2D eigenvalue weighted by atomic mass is 35.5. The van der Waals surface area contributed by atoms with Crippen LogP contribution in [0.4, 0.5) is 11.4 Å². The first kappa shape index (κ1) is 19.0. The number of fused-ring (bicyclic) bond motifs is 1. The van der Waals surface area contributed by atoms with Gasteiger partial charge < -0.3 is 5.32 Å². The Labute approximate surface area is 174 Å². The molecule has 0 unspecified atom stereocenters. The summed E-state index contributed by atoms with van der Waals surface area (Å²) in [5.74, 6) is -0.463. The molecular weight excluding hydrogens is 410 g/mol. The Morgan fingerprint density at radius 1 is 1.14 bits per heavy atom. The van der Waals surface area contributed by atoms with E-state index in [0.717, 1.165) is 20.8 Å². The first-order valence-corrected chi connectivity index (χ1v) is 9.84. The highest BCUT2D eigenvalue weighted by Gasteiger charge is 2.19. The third kappa shape index (κ3) is 3.70. The predicted molar refractivity (Wildman–Crippen MR) is 116 cm³/mol. The molecule has 0 atom stereocenters. The van der Waals surface area contributed by atoms with E-state index in [1.807, 2.05) is 30.3 Å². The minimum Gasteiger partial charge on any atom is -0.321 e. The van der Waals surface area contributed by atoms with Gasteiger partial charge in [-0.15, -0.1) is 11.3 Å². The smallest absolute Gasteiger partial charge is 0.273 e. The molecule has 0 spiro atoms. The van der Waals surface area contributed by atoms with Gasteiger partial charge in [0.15, 0.2) is 0 Å². The molecule has 8 heteroatoms. The Hall–Kier alpha value is -3.29. The Kier molecular flexibility index (Phi) is 5.00. The molecule has 144 valence electrons. The zero-order valence-corrected chi connectivity index (χ0v) is 16.8. The molecule has 0 saturated carbocycles. The van der Waals surface area contributed by atoms with Crippen LogP contribution in [0.2, 0.25) is 5.02 Å². The van der Waals surface area contributed by atoms with Crippen LogP contribution >= 0.6 is 22.9 Å². The number of nitro benzene ring substituents is 1. The molecule has 1 heterocycles. The predicted octanol–water partition coefficient (Wildman–Crippen LogP) is 6.09. The number of aromatic nitrogens is 1. The van der Waals surface area contributed by atoms with E-state index in [0.29, 0.717) is 16.3 Å². The first-order valence-electron chi connectivity index (χ1n) is 8.65. The van der Waals surface area contributed by atoms with Crippen LogP contribution in [0.1, 0.15) is 15.9 Å². The summed E-state index contributed by atoms with van der Waals surface area (Å²) in [6.07, 6.45) is 0. The van der Waals surface area contributed by atoms with Crippen LogP contribution in [0.5, 0.6) is 0 Å². The lowest BCUT2D eigenvalue weighted by molar-refractivity contribution is -0.385. The number of nitro groups is 1. The maximum Gasteiger partial charge on any atom is 0.273 e. The average molecular weight is 424 g/mol. The normalized spacial score (nSPS) is 10.8. The number of benzene rings is 3. The van der Waals surface area contributed by atoms with Crippen molar-refractivity contribution in [2.75, 3.05) is 5.32 Å². The van der Waals surface area contributed by atoms with Crippen molar-refractivity contribution in [3.63, 3.8) is 0 Å². The highest BCUT2D eigenvalue weighted by Crippen LogP contribution is 2.34. The number of amides is 1. The molecule has 0 saturated heterocycles. The molecule has 1 aromatic heterocycles. The summed E-state index contributed by atoms with van der Waals surface area (Å²) >= 11 is 7.82. The molecular formula is C21H14ClN3O3S. The number of nitrogens with zero attached hydrogens (tertiary/aromatic N) is 2. The van der Waals surface area contributed by atoms with Gasteiger partial charge in [-0.25, -0.2) is 4.98 Å². The Balaban J connectivity index is 1.67. The van der Waals surface area contributed by atoms with Crippen LogP contribution in [0.3, 0.4) is 0 Å². The largest absolute Gasteiger partial charge is 0.321 e. The number of nitrogens with one attached hydrogen (secondary N) is 1. The van der Waals surface area contributed by atoms with Crippen molar-refractivity contribution < 1.29 is 9.72 Å². The van der Waals surface area contributed by atoms with Gasteiger partial charge in [-0.1, -0.05) is 35.9 Å². The van der Waals surface area contributed by atoms with Crippen LogP contribution in [0, 0.1) is 17.0 Å². The fourth-order valence-electron chi connectivity index (χ4n) is 3.01. The number of hydrogen-bond acceptors (Lipinski definition) is 5.